The van der Waals surface area contributed by atoms with Gasteiger partial charge in [0.15, 0.2) is 6.04 Å². The Hall–Kier alpha value is -3.31. The molecule has 1 fully saturated rings. The zero-order chi connectivity index (χ0) is 20.8. The molecule has 1 atom stereocenters. The molecule has 4 rings (SSSR count). The van der Waals surface area contributed by atoms with E-state index in [2.05, 4.69) is 34.5 Å². The normalized spacial score (nSPS) is 15.4. The van der Waals surface area contributed by atoms with Crippen molar-refractivity contribution < 1.29 is 14.4 Å². The van der Waals surface area contributed by atoms with E-state index in [4.69, 9.17) is 4.74 Å². The molecule has 0 unspecified atom stereocenters. The highest BCUT2D eigenvalue weighted by molar-refractivity contribution is 5.94. The molecule has 3 aromatic carbocycles. The van der Waals surface area contributed by atoms with Gasteiger partial charge in [0.25, 0.3) is 5.91 Å². The maximum Gasteiger partial charge on any atom is 0.287 e. The number of hydrogen-bond donors (Lipinski definition) is 2. The average molecular weight is 403 g/mol. The largest absolute Gasteiger partial charge is 0.497 e. The van der Waals surface area contributed by atoms with Gasteiger partial charge >= 0.3 is 0 Å². The summed E-state index contributed by atoms with van der Waals surface area (Å²) in [5, 5.41) is 3.10. The van der Waals surface area contributed by atoms with Crippen molar-refractivity contribution in [2.75, 3.05) is 43.5 Å². The third-order valence-corrected chi connectivity index (χ3v) is 5.67. The fourth-order valence-corrected chi connectivity index (χ4v) is 4.11. The predicted octanol–water partition coefficient (Wildman–Crippen LogP) is 2.78. The van der Waals surface area contributed by atoms with Gasteiger partial charge in [-0.15, -0.1) is 0 Å². The van der Waals surface area contributed by atoms with E-state index in [1.165, 1.54) is 10.6 Å². The van der Waals surface area contributed by atoms with Crippen molar-refractivity contribution in [2.45, 2.75) is 6.04 Å². The van der Waals surface area contributed by atoms with Gasteiger partial charge in [0.1, 0.15) is 5.75 Å². The van der Waals surface area contributed by atoms with E-state index in [9.17, 15) is 4.79 Å². The smallest absolute Gasteiger partial charge is 0.287 e. The number of para-hydroxylation sites is 1. The number of ether oxygens (including phenoxy) is 1. The molecule has 3 aromatic rings. The Morgan fingerprint density at radius 3 is 2.27 bits per heavy atom. The SMILES string of the molecule is COc1cccc(NC(=O)[C@@H](c2ccccc2)[NH+]2CCN(c3ccccc3)CC2)c1. The number of nitrogens with zero attached hydrogens (tertiary/aromatic N) is 1. The van der Waals surface area contributed by atoms with E-state index in [1.54, 1.807) is 7.11 Å². The van der Waals surface area contributed by atoms with Crippen molar-refractivity contribution in [2.24, 2.45) is 0 Å². The maximum atomic E-state index is 13.4. The van der Waals surface area contributed by atoms with Crippen LogP contribution >= 0.6 is 0 Å². The first-order valence-electron chi connectivity index (χ1n) is 10.4. The van der Waals surface area contributed by atoms with Crippen molar-refractivity contribution in [3.05, 3.63) is 90.5 Å². The van der Waals surface area contributed by atoms with E-state index in [0.29, 0.717) is 0 Å². The third-order valence-electron chi connectivity index (χ3n) is 5.67. The molecular weight excluding hydrogens is 374 g/mol. The molecule has 0 radical (unpaired) electrons. The number of nitrogens with one attached hydrogen (secondary N) is 2. The number of carbonyl (C=O) groups is 1. The molecular formula is C25H28N3O2+. The summed E-state index contributed by atoms with van der Waals surface area (Å²) in [6.45, 7) is 3.66. The van der Waals surface area contributed by atoms with Gasteiger partial charge in [-0.05, 0) is 24.3 Å². The Morgan fingerprint density at radius 2 is 1.60 bits per heavy atom. The molecule has 1 aliphatic rings. The van der Waals surface area contributed by atoms with Crippen LogP contribution in [0.4, 0.5) is 11.4 Å². The number of benzene rings is 3. The van der Waals surface area contributed by atoms with Gasteiger partial charge in [-0.2, -0.15) is 0 Å². The second-order valence-corrected chi connectivity index (χ2v) is 7.55. The van der Waals surface area contributed by atoms with Gasteiger partial charge in [0.2, 0.25) is 0 Å². The minimum Gasteiger partial charge on any atom is -0.497 e. The number of carbonyl (C=O) groups excluding carboxylic acids is 1. The lowest BCUT2D eigenvalue weighted by Crippen LogP contribution is -3.16. The summed E-state index contributed by atoms with van der Waals surface area (Å²) in [4.78, 5) is 17.1. The van der Waals surface area contributed by atoms with Crippen molar-refractivity contribution in [1.82, 2.24) is 0 Å². The molecule has 0 aliphatic carbocycles. The summed E-state index contributed by atoms with van der Waals surface area (Å²) < 4.78 is 5.29. The molecule has 5 heteroatoms. The highest BCUT2D eigenvalue weighted by atomic mass is 16.5. The Morgan fingerprint density at radius 1 is 0.933 bits per heavy atom. The van der Waals surface area contributed by atoms with Crippen LogP contribution in [0.15, 0.2) is 84.9 Å². The van der Waals surface area contributed by atoms with E-state index in [0.717, 1.165) is 43.2 Å². The standard InChI is InChI=1S/C25H27N3O2/c1-30-23-14-8-11-21(19-23)26-25(29)24(20-9-4-2-5-10-20)28-17-15-27(16-18-28)22-12-6-3-7-13-22/h2-14,19,24H,15-18H2,1H3,(H,26,29)/p+1/t24-/m1/s1. The zero-order valence-electron chi connectivity index (χ0n) is 17.3. The Kier molecular flexibility index (Phi) is 6.30. The van der Waals surface area contributed by atoms with Crippen LogP contribution in [0, 0.1) is 0 Å². The molecule has 2 N–H and O–H groups in total. The van der Waals surface area contributed by atoms with Crippen molar-refractivity contribution in [1.29, 1.82) is 0 Å². The molecule has 1 aliphatic heterocycles. The first-order valence-corrected chi connectivity index (χ1v) is 10.4. The quantitative estimate of drug-likeness (QED) is 0.667. The van der Waals surface area contributed by atoms with Gasteiger partial charge in [-0.25, -0.2) is 0 Å². The number of anilines is 2. The Labute approximate surface area is 177 Å². The first-order chi connectivity index (χ1) is 14.7. The highest BCUT2D eigenvalue weighted by Gasteiger charge is 2.34. The molecule has 0 aromatic heterocycles. The summed E-state index contributed by atoms with van der Waals surface area (Å²) in [6, 6.07) is 27.8. The molecule has 1 amide bonds. The number of methoxy groups -OCH3 is 1. The van der Waals surface area contributed by atoms with Crippen LogP contribution < -0.4 is 19.9 Å². The van der Waals surface area contributed by atoms with Crippen LogP contribution in [0.3, 0.4) is 0 Å². The fourth-order valence-electron chi connectivity index (χ4n) is 4.11. The van der Waals surface area contributed by atoms with Gasteiger partial charge in [0.05, 0.1) is 33.3 Å². The lowest BCUT2D eigenvalue weighted by molar-refractivity contribution is -0.922. The fraction of sp³-hybridized carbons (Fsp3) is 0.240. The number of quaternary nitrogens is 1. The lowest BCUT2D eigenvalue weighted by Gasteiger charge is -2.37. The van der Waals surface area contributed by atoms with Gasteiger partial charge in [0, 0.05) is 23.0 Å². The Bertz CT molecular complexity index is 954. The van der Waals surface area contributed by atoms with Crippen LogP contribution in [0.25, 0.3) is 0 Å². The van der Waals surface area contributed by atoms with Gasteiger partial charge in [-0.1, -0.05) is 54.6 Å². The highest BCUT2D eigenvalue weighted by Crippen LogP contribution is 2.19. The van der Waals surface area contributed by atoms with Crippen LogP contribution in [0.1, 0.15) is 11.6 Å². The van der Waals surface area contributed by atoms with E-state index >= 15 is 0 Å². The van der Waals surface area contributed by atoms with Crippen LogP contribution in [0.2, 0.25) is 0 Å². The zero-order valence-corrected chi connectivity index (χ0v) is 17.3. The molecule has 30 heavy (non-hydrogen) atoms. The molecule has 0 saturated carbocycles. The van der Waals surface area contributed by atoms with Gasteiger partial charge < -0.3 is 19.9 Å². The number of piperazine rings is 1. The minimum absolute atomic E-state index is 0.0117. The van der Waals surface area contributed by atoms with E-state index in [1.807, 2.05) is 60.7 Å². The molecule has 154 valence electrons. The number of rotatable bonds is 6. The minimum atomic E-state index is -0.254. The second-order valence-electron chi connectivity index (χ2n) is 7.55. The topological polar surface area (TPSA) is 46.0 Å². The molecule has 0 bridgehead atoms. The summed E-state index contributed by atoms with van der Waals surface area (Å²) in [6.07, 6.45) is 0. The summed E-state index contributed by atoms with van der Waals surface area (Å²) in [5.74, 6) is 0.741. The number of amides is 1. The van der Waals surface area contributed by atoms with E-state index in [-0.39, 0.29) is 11.9 Å². The first kappa shape index (κ1) is 20.0. The van der Waals surface area contributed by atoms with Crippen molar-refractivity contribution in [3.63, 3.8) is 0 Å². The lowest BCUT2D eigenvalue weighted by atomic mass is 10.0. The summed E-state index contributed by atoms with van der Waals surface area (Å²) in [5.41, 5.74) is 3.04. The van der Waals surface area contributed by atoms with Crippen LogP contribution in [-0.2, 0) is 4.79 Å². The van der Waals surface area contributed by atoms with Crippen molar-refractivity contribution in [3.8, 4) is 5.75 Å². The predicted molar refractivity (Wildman–Crippen MR) is 120 cm³/mol. The average Bonchev–Trinajstić information content (AvgIpc) is 2.81. The number of hydrogen-bond acceptors (Lipinski definition) is 3. The van der Waals surface area contributed by atoms with Crippen LogP contribution in [-0.4, -0.2) is 39.2 Å². The summed E-state index contributed by atoms with van der Waals surface area (Å²) in [7, 11) is 1.63. The molecule has 0 spiro atoms. The second kappa shape index (κ2) is 9.46. The molecule has 5 nitrogen and oxygen atoms in total. The van der Waals surface area contributed by atoms with Gasteiger partial charge in [-0.3, -0.25) is 4.79 Å². The Balaban J connectivity index is 1.51. The third kappa shape index (κ3) is 4.63. The van der Waals surface area contributed by atoms with E-state index < -0.39 is 0 Å². The monoisotopic (exact) mass is 402 g/mol. The molecule has 1 heterocycles. The van der Waals surface area contributed by atoms with Crippen LogP contribution in [0.5, 0.6) is 5.75 Å². The summed E-state index contributed by atoms with van der Waals surface area (Å²) >= 11 is 0. The van der Waals surface area contributed by atoms with Crippen molar-refractivity contribution >= 4 is 17.3 Å². The molecule has 1 saturated heterocycles. The maximum absolute atomic E-state index is 13.4.